The molecule has 2 aromatic heterocycles. The highest BCUT2D eigenvalue weighted by Crippen LogP contribution is 2.41. The van der Waals surface area contributed by atoms with Crippen molar-refractivity contribution in [1.82, 2.24) is 20.1 Å². The lowest BCUT2D eigenvalue weighted by Crippen LogP contribution is -2.54. The summed E-state index contributed by atoms with van der Waals surface area (Å²) in [5, 5.41) is 4.98. The minimum absolute atomic E-state index is 0.0397. The lowest BCUT2D eigenvalue weighted by Gasteiger charge is -2.41. The van der Waals surface area contributed by atoms with Crippen molar-refractivity contribution in [2.75, 3.05) is 19.6 Å². The van der Waals surface area contributed by atoms with Crippen molar-refractivity contribution in [3.8, 4) is 0 Å². The Kier molecular flexibility index (Phi) is 6.34. The van der Waals surface area contributed by atoms with Gasteiger partial charge < -0.3 is 10.2 Å². The summed E-state index contributed by atoms with van der Waals surface area (Å²) in [5.74, 6) is -1.44. The number of carbonyl (C=O) groups is 3. The fraction of sp³-hybridized carbons (Fsp3) is 0.308. The molecule has 2 fully saturated rings. The molecule has 2 aliphatic heterocycles. The average molecular weight is 493 g/mol. The molecule has 0 spiro atoms. The minimum Gasteiger partial charge on any atom is -0.339 e. The number of hydrogen-bond acceptors (Lipinski definition) is 5. The van der Waals surface area contributed by atoms with Crippen LogP contribution in [0.15, 0.2) is 66.3 Å². The van der Waals surface area contributed by atoms with Gasteiger partial charge in [-0.1, -0.05) is 24.3 Å². The molecule has 35 heavy (non-hydrogen) atoms. The first-order valence-electron chi connectivity index (χ1n) is 11.6. The van der Waals surface area contributed by atoms with Gasteiger partial charge in [0, 0.05) is 42.5 Å². The minimum atomic E-state index is -1.24. The Morgan fingerprint density at radius 3 is 2.60 bits per heavy atom. The average Bonchev–Trinajstić information content (AvgIpc) is 3.50. The number of benzene rings is 1. The topological polar surface area (TPSA) is 82.6 Å². The Balaban J connectivity index is 1.38. The number of carbonyl (C=O) groups excluding carboxylic acids is 3. The maximum Gasteiger partial charge on any atom is 0.325 e. The Labute approximate surface area is 206 Å². The number of urea groups is 1. The number of amides is 4. The van der Waals surface area contributed by atoms with Gasteiger partial charge in [0.05, 0.1) is 5.56 Å². The second kappa shape index (κ2) is 9.58. The van der Waals surface area contributed by atoms with Crippen LogP contribution in [0.4, 0.5) is 9.18 Å². The summed E-state index contributed by atoms with van der Waals surface area (Å²) in [6.07, 6.45) is 4.82. The van der Waals surface area contributed by atoms with Crippen LogP contribution in [0.25, 0.3) is 0 Å². The zero-order chi connectivity index (χ0) is 24.4. The third kappa shape index (κ3) is 4.20. The third-order valence-corrected chi connectivity index (χ3v) is 7.85. The largest absolute Gasteiger partial charge is 0.339 e. The molecule has 0 aliphatic carbocycles. The van der Waals surface area contributed by atoms with Gasteiger partial charge in [0.25, 0.3) is 11.8 Å². The van der Waals surface area contributed by atoms with Gasteiger partial charge in [-0.15, -0.1) is 11.3 Å². The van der Waals surface area contributed by atoms with E-state index in [0.717, 1.165) is 4.88 Å². The number of pyridine rings is 1. The molecule has 7 nitrogen and oxygen atoms in total. The molecule has 4 amide bonds. The predicted molar refractivity (Wildman–Crippen MR) is 129 cm³/mol. The molecule has 0 bridgehead atoms. The Morgan fingerprint density at radius 1 is 1.11 bits per heavy atom. The maximum absolute atomic E-state index is 14.2. The normalized spacial score (nSPS) is 20.8. The molecule has 9 heteroatoms. The van der Waals surface area contributed by atoms with Crippen molar-refractivity contribution in [3.05, 3.63) is 88.1 Å². The van der Waals surface area contributed by atoms with Crippen LogP contribution in [0.1, 0.15) is 33.6 Å². The fourth-order valence-electron chi connectivity index (χ4n) is 5.10. The van der Waals surface area contributed by atoms with E-state index in [9.17, 15) is 18.8 Å². The summed E-state index contributed by atoms with van der Waals surface area (Å²) in [5.41, 5.74) is -0.567. The zero-order valence-corrected chi connectivity index (χ0v) is 19.8. The van der Waals surface area contributed by atoms with Gasteiger partial charge >= 0.3 is 6.03 Å². The summed E-state index contributed by atoms with van der Waals surface area (Å²) >= 11 is 1.59. The Bertz CT molecular complexity index is 1230. The number of imide groups is 1. The molecule has 1 N–H and O–H groups in total. The number of halogens is 1. The number of nitrogens with zero attached hydrogens (tertiary/aromatic N) is 3. The van der Waals surface area contributed by atoms with Crippen molar-refractivity contribution in [1.29, 1.82) is 0 Å². The number of hydrogen-bond donors (Lipinski definition) is 1. The molecule has 2 aliphatic rings. The predicted octanol–water partition coefficient (Wildman–Crippen LogP) is 3.82. The molecular weight excluding hydrogens is 467 g/mol. The first-order chi connectivity index (χ1) is 17.0. The molecule has 3 aromatic rings. The van der Waals surface area contributed by atoms with Crippen molar-refractivity contribution in [3.63, 3.8) is 0 Å². The van der Waals surface area contributed by atoms with Crippen LogP contribution >= 0.6 is 11.3 Å². The van der Waals surface area contributed by atoms with Gasteiger partial charge in [-0.05, 0) is 54.8 Å². The van der Waals surface area contributed by atoms with Crippen molar-refractivity contribution >= 4 is 29.2 Å². The van der Waals surface area contributed by atoms with E-state index in [0.29, 0.717) is 37.9 Å². The monoisotopic (exact) mass is 492 g/mol. The Hall–Kier alpha value is -3.59. The number of thiophene rings is 1. The van der Waals surface area contributed by atoms with Crippen molar-refractivity contribution < 1.29 is 18.8 Å². The second-order valence-corrected chi connectivity index (χ2v) is 9.84. The van der Waals surface area contributed by atoms with E-state index in [1.165, 1.54) is 17.0 Å². The first kappa shape index (κ1) is 23.2. The van der Waals surface area contributed by atoms with E-state index in [2.05, 4.69) is 10.3 Å². The van der Waals surface area contributed by atoms with Gasteiger partial charge in [-0.2, -0.15) is 0 Å². The van der Waals surface area contributed by atoms with E-state index < -0.39 is 17.4 Å². The quantitative estimate of drug-likeness (QED) is 0.531. The van der Waals surface area contributed by atoms with Crippen LogP contribution in [0.2, 0.25) is 0 Å². The van der Waals surface area contributed by atoms with E-state index in [-0.39, 0.29) is 29.8 Å². The molecule has 2 saturated heterocycles. The highest BCUT2D eigenvalue weighted by Gasteiger charge is 2.57. The fourth-order valence-corrected chi connectivity index (χ4v) is 5.80. The van der Waals surface area contributed by atoms with Crippen molar-refractivity contribution in [2.45, 2.75) is 24.8 Å². The van der Waals surface area contributed by atoms with Crippen LogP contribution in [-0.4, -0.2) is 52.3 Å². The van der Waals surface area contributed by atoms with Crippen LogP contribution in [0, 0.1) is 11.7 Å². The van der Waals surface area contributed by atoms with Gasteiger partial charge in [-0.25, -0.2) is 9.18 Å². The van der Waals surface area contributed by atoms with E-state index in [1.54, 1.807) is 46.8 Å². The molecule has 4 heterocycles. The molecule has 1 aromatic carbocycles. The lowest BCUT2D eigenvalue weighted by molar-refractivity contribution is -0.134. The van der Waals surface area contributed by atoms with Gasteiger partial charge in [0.2, 0.25) is 0 Å². The lowest BCUT2D eigenvalue weighted by atomic mass is 9.73. The summed E-state index contributed by atoms with van der Waals surface area (Å²) in [4.78, 5) is 48.0. The second-order valence-electron chi connectivity index (χ2n) is 8.81. The summed E-state index contributed by atoms with van der Waals surface area (Å²) in [6.45, 7) is 1.01. The highest BCUT2D eigenvalue weighted by atomic mass is 32.1. The number of nitrogens with one attached hydrogen (secondary N) is 1. The molecule has 0 saturated carbocycles. The molecule has 180 valence electrons. The van der Waals surface area contributed by atoms with Crippen LogP contribution in [0.3, 0.4) is 0 Å². The smallest absolute Gasteiger partial charge is 0.325 e. The van der Waals surface area contributed by atoms with E-state index in [1.807, 2.05) is 23.6 Å². The number of rotatable bonds is 6. The Morgan fingerprint density at radius 2 is 1.91 bits per heavy atom. The third-order valence-electron chi connectivity index (χ3n) is 6.91. The maximum atomic E-state index is 14.2. The van der Waals surface area contributed by atoms with Crippen LogP contribution in [0.5, 0.6) is 0 Å². The summed E-state index contributed by atoms with van der Waals surface area (Å²) in [6, 6.07) is 13.0. The molecule has 0 radical (unpaired) electrons. The molecular formula is C26H25FN4O3S. The van der Waals surface area contributed by atoms with Crippen LogP contribution < -0.4 is 5.32 Å². The zero-order valence-electron chi connectivity index (χ0n) is 19.0. The first-order valence-corrected chi connectivity index (χ1v) is 12.5. The molecule has 5 rings (SSSR count). The van der Waals surface area contributed by atoms with E-state index >= 15 is 0 Å². The standard InChI is InChI=1S/C26H25FN4O3S/c27-22-8-2-1-7-21(22)23(32)30-13-9-18(10-14-30)26(19-5-3-12-28-17-19)24(33)31(25(34)29-26)15-11-20-6-4-16-35-20/h1-8,12,16-18H,9-11,13-15H2,(H,29,34)/t26-/m1/s1. The number of piperidine rings is 1. The number of aromatic nitrogens is 1. The van der Waals surface area contributed by atoms with Gasteiger partial charge in [0.15, 0.2) is 5.54 Å². The van der Waals surface area contributed by atoms with Crippen molar-refractivity contribution in [2.24, 2.45) is 5.92 Å². The van der Waals surface area contributed by atoms with Gasteiger partial charge in [0.1, 0.15) is 5.82 Å². The summed E-state index contributed by atoms with van der Waals surface area (Å²) < 4.78 is 14.2. The molecule has 1 atom stereocenters. The highest BCUT2D eigenvalue weighted by molar-refractivity contribution is 7.09. The van der Waals surface area contributed by atoms with Crippen LogP contribution in [-0.2, 0) is 16.8 Å². The van der Waals surface area contributed by atoms with Gasteiger partial charge in [-0.3, -0.25) is 19.5 Å². The SMILES string of the molecule is O=C(c1ccccc1F)N1CCC([C@]2(c3cccnc3)NC(=O)N(CCc3cccs3)C2=O)CC1. The molecule has 0 unspecified atom stereocenters. The van der Waals surface area contributed by atoms with E-state index in [4.69, 9.17) is 0 Å². The number of likely N-dealkylation sites (tertiary alicyclic amines) is 1. The summed E-state index contributed by atoms with van der Waals surface area (Å²) in [7, 11) is 0.